The third-order valence-electron chi connectivity index (χ3n) is 6.79. The first-order chi connectivity index (χ1) is 15.8. The molecule has 6 nitrogen and oxygen atoms in total. The standard InChI is InChI=1S/C25H20Cl2N2O4/c1-13-10-14(19-12-21(30)28(23(19)31)17-6-2-15(26)3-7-17)11-20-22(13)25(33)29(24(20)32)18-8-4-16(27)5-9-18/h2-10,14,19-20,22H,11-12H2,1H3/t14-,19-,20-,22-/m0/s1. The summed E-state index contributed by atoms with van der Waals surface area (Å²) in [5, 5.41) is 1.03. The van der Waals surface area contributed by atoms with Crippen LogP contribution < -0.4 is 9.80 Å². The van der Waals surface area contributed by atoms with Crippen LogP contribution in [0.3, 0.4) is 0 Å². The van der Waals surface area contributed by atoms with E-state index in [0.29, 0.717) is 27.8 Å². The van der Waals surface area contributed by atoms with Crippen molar-refractivity contribution in [3.05, 3.63) is 70.2 Å². The topological polar surface area (TPSA) is 74.8 Å². The molecule has 0 unspecified atom stereocenters. The maximum absolute atomic E-state index is 13.3. The van der Waals surface area contributed by atoms with Crippen molar-refractivity contribution in [2.75, 3.05) is 9.80 Å². The summed E-state index contributed by atoms with van der Waals surface area (Å²) < 4.78 is 0. The van der Waals surface area contributed by atoms with Gasteiger partial charge in [0.25, 0.3) is 0 Å². The average Bonchev–Trinajstić information content (AvgIpc) is 3.22. The lowest BCUT2D eigenvalue weighted by atomic mass is 9.71. The number of fused-ring (bicyclic) bond motifs is 1. The van der Waals surface area contributed by atoms with E-state index in [-0.39, 0.29) is 36.0 Å². The Hall–Kier alpha value is -2.96. The maximum atomic E-state index is 13.3. The van der Waals surface area contributed by atoms with E-state index < -0.39 is 17.8 Å². The van der Waals surface area contributed by atoms with Crippen molar-refractivity contribution in [1.82, 2.24) is 0 Å². The van der Waals surface area contributed by atoms with E-state index in [1.54, 1.807) is 48.5 Å². The van der Waals surface area contributed by atoms with Gasteiger partial charge in [0, 0.05) is 16.5 Å². The highest BCUT2D eigenvalue weighted by molar-refractivity contribution is 6.31. The molecule has 2 heterocycles. The minimum Gasteiger partial charge on any atom is -0.274 e. The van der Waals surface area contributed by atoms with Gasteiger partial charge in [0.05, 0.1) is 29.1 Å². The number of halogens is 2. The lowest BCUT2D eigenvalue weighted by Gasteiger charge is -2.29. The largest absolute Gasteiger partial charge is 0.274 e. The molecule has 0 radical (unpaired) electrons. The van der Waals surface area contributed by atoms with Crippen LogP contribution in [-0.4, -0.2) is 23.6 Å². The summed E-state index contributed by atoms with van der Waals surface area (Å²) in [4.78, 5) is 54.8. The van der Waals surface area contributed by atoms with Crippen LogP contribution in [0.2, 0.25) is 10.0 Å². The molecule has 0 aromatic heterocycles. The van der Waals surface area contributed by atoms with Crippen molar-refractivity contribution in [2.45, 2.75) is 19.8 Å². The quantitative estimate of drug-likeness (QED) is 0.471. The Balaban J connectivity index is 1.41. The lowest BCUT2D eigenvalue weighted by Crippen LogP contribution is -2.35. The Morgan fingerprint density at radius 3 is 1.82 bits per heavy atom. The van der Waals surface area contributed by atoms with Crippen molar-refractivity contribution in [2.24, 2.45) is 23.7 Å². The first-order valence-corrected chi connectivity index (χ1v) is 11.5. The van der Waals surface area contributed by atoms with Crippen LogP contribution in [-0.2, 0) is 19.2 Å². The van der Waals surface area contributed by atoms with Gasteiger partial charge in [-0.15, -0.1) is 0 Å². The SMILES string of the molecule is CC1=C[C@H]([C@@H]2CC(=O)N(c3ccc(Cl)cc3)C2=O)C[C@@H]2C(=O)N(c3ccc(Cl)cc3)C(=O)[C@@H]12. The Morgan fingerprint density at radius 1 is 0.727 bits per heavy atom. The molecule has 2 aromatic carbocycles. The molecule has 0 bridgehead atoms. The summed E-state index contributed by atoms with van der Waals surface area (Å²) in [6, 6.07) is 13.1. The normalized spacial score (nSPS) is 27.3. The van der Waals surface area contributed by atoms with Gasteiger partial charge >= 0.3 is 0 Å². The number of carbonyl (C=O) groups excluding carboxylic acids is 4. The molecule has 2 aliphatic heterocycles. The van der Waals surface area contributed by atoms with Crippen LogP contribution in [0.15, 0.2) is 60.2 Å². The highest BCUT2D eigenvalue weighted by Crippen LogP contribution is 2.46. The smallest absolute Gasteiger partial charge is 0.241 e. The minimum absolute atomic E-state index is 0.0658. The molecule has 0 spiro atoms. The van der Waals surface area contributed by atoms with Crippen LogP contribution in [0, 0.1) is 23.7 Å². The van der Waals surface area contributed by atoms with E-state index in [2.05, 4.69) is 0 Å². The molecule has 2 saturated heterocycles. The van der Waals surface area contributed by atoms with Gasteiger partial charge < -0.3 is 0 Å². The molecule has 2 aromatic rings. The van der Waals surface area contributed by atoms with Gasteiger partial charge in [-0.25, -0.2) is 4.90 Å². The van der Waals surface area contributed by atoms with Crippen molar-refractivity contribution < 1.29 is 19.2 Å². The first-order valence-electron chi connectivity index (χ1n) is 10.7. The predicted molar refractivity (Wildman–Crippen MR) is 125 cm³/mol. The lowest BCUT2D eigenvalue weighted by molar-refractivity contribution is -0.125. The Labute approximate surface area is 200 Å². The third kappa shape index (κ3) is 3.58. The van der Waals surface area contributed by atoms with Gasteiger partial charge in [-0.2, -0.15) is 0 Å². The highest BCUT2D eigenvalue weighted by atomic mass is 35.5. The summed E-state index contributed by atoms with van der Waals surface area (Å²) in [6.45, 7) is 1.82. The molecule has 8 heteroatoms. The van der Waals surface area contributed by atoms with Gasteiger partial charge in [-0.1, -0.05) is 34.9 Å². The number of imide groups is 2. The first kappa shape index (κ1) is 21.9. The molecular formula is C25H20Cl2N2O4. The van der Waals surface area contributed by atoms with Crippen molar-refractivity contribution >= 4 is 58.2 Å². The van der Waals surface area contributed by atoms with Crippen molar-refractivity contribution in [3.63, 3.8) is 0 Å². The molecule has 5 rings (SSSR count). The molecule has 3 aliphatic rings. The fourth-order valence-electron chi connectivity index (χ4n) is 5.26. The third-order valence-corrected chi connectivity index (χ3v) is 7.29. The number of rotatable bonds is 3. The fourth-order valence-corrected chi connectivity index (χ4v) is 5.51. The van der Waals surface area contributed by atoms with Gasteiger partial charge in [-0.3, -0.25) is 24.1 Å². The summed E-state index contributed by atoms with van der Waals surface area (Å²) in [7, 11) is 0. The number of benzene rings is 2. The zero-order chi connectivity index (χ0) is 23.4. The van der Waals surface area contributed by atoms with Crippen molar-refractivity contribution in [1.29, 1.82) is 0 Å². The number of allylic oxidation sites excluding steroid dienone is 1. The van der Waals surface area contributed by atoms with E-state index in [0.717, 1.165) is 5.57 Å². The Morgan fingerprint density at radius 2 is 1.24 bits per heavy atom. The number of anilines is 2. The number of amides is 4. The van der Waals surface area contributed by atoms with Gasteiger partial charge in [0.2, 0.25) is 23.6 Å². The van der Waals surface area contributed by atoms with E-state index in [1.165, 1.54) is 9.80 Å². The second-order valence-electron chi connectivity index (χ2n) is 8.74. The monoisotopic (exact) mass is 482 g/mol. The second kappa shape index (κ2) is 8.12. The zero-order valence-electron chi connectivity index (χ0n) is 17.7. The average molecular weight is 483 g/mol. The van der Waals surface area contributed by atoms with Gasteiger partial charge in [0.1, 0.15) is 0 Å². The molecule has 4 amide bonds. The van der Waals surface area contributed by atoms with Crippen molar-refractivity contribution in [3.8, 4) is 0 Å². The molecule has 1 aliphatic carbocycles. The summed E-state index contributed by atoms with van der Waals surface area (Å²) in [5.41, 5.74) is 1.72. The second-order valence-corrected chi connectivity index (χ2v) is 9.61. The number of carbonyl (C=O) groups is 4. The van der Waals surface area contributed by atoms with Crippen LogP contribution in [0.1, 0.15) is 19.8 Å². The molecule has 4 atom stereocenters. The van der Waals surface area contributed by atoms with Crippen LogP contribution in [0.4, 0.5) is 11.4 Å². The Kier molecular flexibility index (Phi) is 5.38. The summed E-state index contributed by atoms with van der Waals surface area (Å²) >= 11 is 11.9. The van der Waals surface area contributed by atoms with Gasteiger partial charge in [0.15, 0.2) is 0 Å². The van der Waals surface area contributed by atoms with Crippen LogP contribution in [0.5, 0.6) is 0 Å². The predicted octanol–water partition coefficient (Wildman–Crippen LogP) is 4.64. The molecule has 0 N–H and O–H groups in total. The van der Waals surface area contributed by atoms with E-state index in [4.69, 9.17) is 23.2 Å². The minimum atomic E-state index is -0.573. The summed E-state index contributed by atoms with van der Waals surface area (Å²) in [5.74, 6) is -3.11. The van der Waals surface area contributed by atoms with Crippen LogP contribution in [0.25, 0.3) is 0 Å². The van der Waals surface area contributed by atoms with E-state index >= 15 is 0 Å². The molecule has 33 heavy (non-hydrogen) atoms. The fraction of sp³-hybridized carbons (Fsp3) is 0.280. The maximum Gasteiger partial charge on any atom is 0.241 e. The van der Waals surface area contributed by atoms with E-state index in [1.807, 2.05) is 13.0 Å². The number of hydrogen-bond donors (Lipinski definition) is 0. The highest BCUT2D eigenvalue weighted by Gasteiger charge is 2.53. The molecular weight excluding hydrogens is 463 g/mol. The molecule has 0 saturated carbocycles. The number of hydrogen-bond acceptors (Lipinski definition) is 4. The summed E-state index contributed by atoms with van der Waals surface area (Å²) in [6.07, 6.45) is 2.31. The molecule has 2 fully saturated rings. The molecule has 168 valence electrons. The number of nitrogens with zero attached hydrogens (tertiary/aromatic N) is 2. The Bertz CT molecular complexity index is 1210. The van der Waals surface area contributed by atoms with Crippen LogP contribution >= 0.6 is 23.2 Å². The van der Waals surface area contributed by atoms with Gasteiger partial charge in [-0.05, 0) is 67.8 Å². The zero-order valence-corrected chi connectivity index (χ0v) is 19.2. The van der Waals surface area contributed by atoms with E-state index in [9.17, 15) is 19.2 Å².